The highest BCUT2D eigenvalue weighted by molar-refractivity contribution is 7.53. The van der Waals surface area contributed by atoms with Gasteiger partial charge in [0.05, 0.1) is 0 Å². The predicted molar refractivity (Wildman–Crippen MR) is 120 cm³/mol. The van der Waals surface area contributed by atoms with Crippen LogP contribution < -0.4 is 0 Å². The van der Waals surface area contributed by atoms with Crippen LogP contribution in [0.4, 0.5) is 0 Å². The third-order valence-corrected chi connectivity index (χ3v) is 8.27. The van der Waals surface area contributed by atoms with Gasteiger partial charge in [0, 0.05) is 6.04 Å². The van der Waals surface area contributed by atoms with Crippen LogP contribution in [0, 0.1) is 0 Å². The van der Waals surface area contributed by atoms with Gasteiger partial charge < -0.3 is 9.79 Å². The molecule has 2 N–H and O–H groups in total. The normalized spacial score (nSPS) is 23.6. The Morgan fingerprint density at radius 2 is 1.29 bits per heavy atom. The average Bonchev–Trinajstić information content (AvgIpc) is 2.67. The van der Waals surface area contributed by atoms with Crippen LogP contribution in [0.15, 0.2) is 0 Å². The van der Waals surface area contributed by atoms with E-state index in [-0.39, 0.29) is 6.04 Å². The summed E-state index contributed by atoms with van der Waals surface area (Å²) in [4.78, 5) is 26.2. The van der Waals surface area contributed by atoms with E-state index in [1.165, 1.54) is 0 Å². The fourth-order valence-electron chi connectivity index (χ4n) is 4.83. The van der Waals surface area contributed by atoms with Crippen molar-refractivity contribution in [2.24, 2.45) is 0 Å². The van der Waals surface area contributed by atoms with Crippen molar-refractivity contribution in [3.8, 4) is 0 Å². The van der Waals surface area contributed by atoms with Gasteiger partial charge in [-0.3, -0.25) is 14.4 Å². The summed E-state index contributed by atoms with van der Waals surface area (Å²) in [7, 11) is -4.30. The molecule has 0 spiro atoms. The number of rotatable bonds is 15. The standard InChI is InChI=1S/C22H47N2O3P/c1-5-9-17-23(18-10-6-2)21-15-13-14-16-22(21,28(25,26)27)24(19-11-7-3)20-12-8-4/h21H,5-20H2,1-4H3,(H2,25,26,27). The Labute approximate surface area is 174 Å². The molecule has 2 atom stereocenters. The van der Waals surface area contributed by atoms with E-state index in [0.717, 1.165) is 96.8 Å². The van der Waals surface area contributed by atoms with Gasteiger partial charge in [-0.05, 0) is 64.7 Å². The molecular weight excluding hydrogens is 371 g/mol. The van der Waals surface area contributed by atoms with Crippen LogP contribution in [0.3, 0.4) is 0 Å². The molecule has 0 bridgehead atoms. The highest BCUT2D eigenvalue weighted by Crippen LogP contribution is 2.60. The molecule has 1 aliphatic carbocycles. The van der Waals surface area contributed by atoms with Crippen molar-refractivity contribution in [1.29, 1.82) is 0 Å². The molecule has 28 heavy (non-hydrogen) atoms. The quantitative estimate of drug-likeness (QED) is 0.339. The van der Waals surface area contributed by atoms with Crippen molar-refractivity contribution in [2.45, 2.75) is 116 Å². The van der Waals surface area contributed by atoms with E-state index in [0.29, 0.717) is 6.42 Å². The van der Waals surface area contributed by atoms with Crippen LogP contribution in [0.1, 0.15) is 105 Å². The molecule has 6 heteroatoms. The summed E-state index contributed by atoms with van der Waals surface area (Å²) in [6.45, 7) is 12.2. The molecule has 0 aromatic heterocycles. The Morgan fingerprint density at radius 3 is 1.71 bits per heavy atom. The van der Waals surface area contributed by atoms with E-state index in [1.807, 2.05) is 0 Å². The topological polar surface area (TPSA) is 64.0 Å². The first-order valence-corrected chi connectivity index (χ1v) is 13.5. The van der Waals surface area contributed by atoms with E-state index in [2.05, 4.69) is 37.5 Å². The molecule has 0 heterocycles. The van der Waals surface area contributed by atoms with Crippen molar-refractivity contribution in [3.63, 3.8) is 0 Å². The second kappa shape index (κ2) is 13.4. The van der Waals surface area contributed by atoms with Crippen molar-refractivity contribution >= 4 is 7.60 Å². The van der Waals surface area contributed by atoms with Gasteiger partial charge >= 0.3 is 7.60 Å². The predicted octanol–water partition coefficient (Wildman–Crippen LogP) is 5.61. The number of nitrogens with zero attached hydrogens (tertiary/aromatic N) is 2. The van der Waals surface area contributed by atoms with Crippen LogP contribution in [-0.4, -0.2) is 57.1 Å². The second-order valence-electron chi connectivity index (χ2n) is 8.62. The highest BCUT2D eigenvalue weighted by Gasteiger charge is 2.58. The third kappa shape index (κ3) is 6.80. The van der Waals surface area contributed by atoms with E-state index in [1.54, 1.807) is 0 Å². The molecule has 0 aromatic carbocycles. The zero-order valence-electron chi connectivity index (χ0n) is 19.0. The Morgan fingerprint density at radius 1 is 0.821 bits per heavy atom. The molecule has 0 aliphatic heterocycles. The van der Waals surface area contributed by atoms with Gasteiger partial charge in [-0.15, -0.1) is 0 Å². The highest BCUT2D eigenvalue weighted by atomic mass is 31.2. The number of hydrogen-bond acceptors (Lipinski definition) is 3. The summed E-state index contributed by atoms with van der Waals surface area (Å²) < 4.78 is 13.2. The van der Waals surface area contributed by atoms with Crippen LogP contribution in [0.5, 0.6) is 0 Å². The maximum Gasteiger partial charge on any atom is 0.347 e. The lowest BCUT2D eigenvalue weighted by Crippen LogP contribution is -2.63. The Hall–Kier alpha value is 0.0700. The minimum Gasteiger partial charge on any atom is -0.323 e. The summed E-state index contributed by atoms with van der Waals surface area (Å²) in [6, 6.07) is -0.0334. The maximum atomic E-state index is 13.2. The molecule has 0 saturated heterocycles. The first kappa shape index (κ1) is 26.1. The summed E-state index contributed by atoms with van der Waals surface area (Å²) in [6.07, 6.45) is 12.1. The second-order valence-corrected chi connectivity index (χ2v) is 10.5. The van der Waals surface area contributed by atoms with Gasteiger partial charge in [0.25, 0.3) is 0 Å². The zero-order chi connectivity index (χ0) is 21.0. The molecule has 1 aliphatic rings. The number of hydrogen-bond donors (Lipinski definition) is 2. The minimum absolute atomic E-state index is 0.0334. The Bertz CT molecular complexity index is 441. The molecule has 0 amide bonds. The van der Waals surface area contributed by atoms with Crippen molar-refractivity contribution in [3.05, 3.63) is 0 Å². The maximum absolute atomic E-state index is 13.2. The fourth-order valence-corrected chi connectivity index (χ4v) is 6.53. The monoisotopic (exact) mass is 418 g/mol. The summed E-state index contributed by atoms with van der Waals surface area (Å²) in [5.74, 6) is 0. The van der Waals surface area contributed by atoms with Crippen LogP contribution >= 0.6 is 7.60 Å². The Kier molecular flexibility index (Phi) is 12.5. The molecule has 0 radical (unpaired) electrons. The van der Waals surface area contributed by atoms with Gasteiger partial charge in [-0.2, -0.15) is 0 Å². The van der Waals surface area contributed by atoms with E-state index >= 15 is 0 Å². The molecule has 168 valence electrons. The molecule has 0 aromatic rings. The first-order chi connectivity index (χ1) is 13.4. The van der Waals surface area contributed by atoms with Gasteiger partial charge in [0.15, 0.2) is 0 Å². The van der Waals surface area contributed by atoms with Crippen LogP contribution in [0.25, 0.3) is 0 Å². The van der Waals surface area contributed by atoms with E-state index < -0.39 is 12.9 Å². The molecule has 1 fully saturated rings. The SMILES string of the molecule is CCCCN(CCCC)C1CCCCC1(N(CCCC)CCCC)P(=O)(O)O. The molecular formula is C22H47N2O3P. The van der Waals surface area contributed by atoms with Gasteiger partial charge in [0.2, 0.25) is 0 Å². The summed E-state index contributed by atoms with van der Waals surface area (Å²) in [5.41, 5.74) is 0. The molecule has 5 nitrogen and oxygen atoms in total. The molecule has 2 unspecified atom stereocenters. The number of unbranched alkanes of at least 4 members (excludes halogenated alkanes) is 4. The lowest BCUT2D eigenvalue weighted by molar-refractivity contribution is 0.000630. The van der Waals surface area contributed by atoms with Gasteiger partial charge in [-0.1, -0.05) is 66.2 Å². The van der Waals surface area contributed by atoms with Crippen LogP contribution in [-0.2, 0) is 4.57 Å². The van der Waals surface area contributed by atoms with Crippen molar-refractivity contribution in [1.82, 2.24) is 9.80 Å². The van der Waals surface area contributed by atoms with Crippen molar-refractivity contribution in [2.75, 3.05) is 26.2 Å². The zero-order valence-corrected chi connectivity index (χ0v) is 19.9. The average molecular weight is 419 g/mol. The summed E-state index contributed by atoms with van der Waals surface area (Å²) >= 11 is 0. The van der Waals surface area contributed by atoms with Gasteiger partial charge in [0.1, 0.15) is 5.28 Å². The fraction of sp³-hybridized carbons (Fsp3) is 1.00. The smallest absolute Gasteiger partial charge is 0.323 e. The minimum atomic E-state index is -4.30. The third-order valence-electron chi connectivity index (χ3n) is 6.46. The Balaban J connectivity index is 3.34. The van der Waals surface area contributed by atoms with Crippen LogP contribution in [0.2, 0.25) is 0 Å². The van der Waals surface area contributed by atoms with Crippen molar-refractivity contribution < 1.29 is 14.4 Å². The summed E-state index contributed by atoms with van der Waals surface area (Å²) in [5, 5.41) is -1.00. The first-order valence-electron chi connectivity index (χ1n) is 11.9. The van der Waals surface area contributed by atoms with Gasteiger partial charge in [-0.25, -0.2) is 0 Å². The molecule has 1 rings (SSSR count). The largest absolute Gasteiger partial charge is 0.347 e. The molecule has 1 saturated carbocycles. The van der Waals surface area contributed by atoms with E-state index in [4.69, 9.17) is 0 Å². The lowest BCUT2D eigenvalue weighted by atomic mass is 9.86. The van der Waals surface area contributed by atoms with E-state index in [9.17, 15) is 14.4 Å². The lowest BCUT2D eigenvalue weighted by Gasteiger charge is -2.54.